The summed E-state index contributed by atoms with van der Waals surface area (Å²) < 4.78 is 0. The molecule has 0 heterocycles. The lowest BCUT2D eigenvalue weighted by Gasteiger charge is -2.05. The van der Waals surface area contributed by atoms with Crippen LogP contribution in [0.2, 0.25) is 0 Å². The second-order valence-corrected chi connectivity index (χ2v) is 7.80. The average molecular weight is 427 g/mol. The molecule has 2 N–H and O–H groups in total. The van der Waals surface area contributed by atoms with Crippen LogP contribution in [0, 0.1) is 6.92 Å². The Morgan fingerprint density at radius 1 is 0.654 bits per heavy atom. The Morgan fingerprint density at radius 3 is 1.62 bits per heavy atom. The highest BCUT2D eigenvalue weighted by Crippen LogP contribution is 2.12. The molecule has 0 spiro atoms. The van der Waals surface area contributed by atoms with Gasteiger partial charge in [-0.2, -0.15) is 0 Å². The first-order valence-corrected chi connectivity index (χ1v) is 11.2. The summed E-state index contributed by atoms with van der Waals surface area (Å²) in [5.41, 5.74) is 2.92. The van der Waals surface area contributed by atoms with Gasteiger partial charge in [0.05, 0.1) is 6.54 Å². The number of quaternary nitrogens is 1. The summed E-state index contributed by atoms with van der Waals surface area (Å²) in [6.07, 6.45) is 20.2. The van der Waals surface area contributed by atoms with Crippen molar-refractivity contribution >= 4 is 0 Å². The van der Waals surface area contributed by atoms with Crippen molar-refractivity contribution in [2.45, 2.75) is 110 Å². The number of hydrogen-bond donors (Lipinski definition) is 1. The van der Waals surface area contributed by atoms with Crippen molar-refractivity contribution in [3.8, 4) is 0 Å². The first kappa shape index (κ1) is 25.7. The predicted molar refractivity (Wildman–Crippen MR) is 112 cm³/mol. The quantitative estimate of drug-likeness (QED) is 0.367. The minimum Gasteiger partial charge on any atom is -1.00 e. The number of unbranched alkanes of at least 4 members (excludes halogenated alkanes) is 13. The molecule has 0 unspecified atom stereocenters. The number of aryl methyl sites for hydroxylation is 1. The molecule has 0 saturated carbocycles. The van der Waals surface area contributed by atoms with E-state index in [1.54, 1.807) is 0 Å². The van der Waals surface area contributed by atoms with E-state index in [0.717, 1.165) is 6.54 Å². The molecular weight excluding hydrogens is 382 g/mol. The highest BCUT2D eigenvalue weighted by Gasteiger charge is 1.99. The van der Waals surface area contributed by atoms with Crippen molar-refractivity contribution in [3.63, 3.8) is 0 Å². The van der Waals surface area contributed by atoms with Gasteiger partial charge in [-0.3, -0.25) is 0 Å². The van der Waals surface area contributed by atoms with E-state index in [-0.39, 0.29) is 17.0 Å². The maximum atomic E-state index is 2.48. The van der Waals surface area contributed by atoms with E-state index < -0.39 is 0 Å². The van der Waals surface area contributed by atoms with Gasteiger partial charge in [-0.1, -0.05) is 108 Å². The van der Waals surface area contributed by atoms with Crippen molar-refractivity contribution < 1.29 is 22.3 Å². The molecule has 0 atom stereocenters. The van der Waals surface area contributed by atoms with Gasteiger partial charge in [-0.05, 0) is 25.3 Å². The van der Waals surface area contributed by atoms with Crippen LogP contribution in [-0.4, -0.2) is 6.54 Å². The Labute approximate surface area is 174 Å². The highest BCUT2D eigenvalue weighted by molar-refractivity contribution is 5.24. The third-order valence-corrected chi connectivity index (χ3v) is 5.39. The van der Waals surface area contributed by atoms with Gasteiger partial charge in [0.1, 0.15) is 6.54 Å². The lowest BCUT2D eigenvalue weighted by atomic mass is 10.0. The first-order chi connectivity index (χ1) is 12.3. The number of nitrogens with two attached hydrogens (primary N) is 1. The number of rotatable bonds is 17. The fraction of sp³-hybridized carbons (Fsp3) is 0.750. The van der Waals surface area contributed by atoms with Crippen LogP contribution in [0.3, 0.4) is 0 Å². The zero-order valence-electron chi connectivity index (χ0n) is 17.6. The standard InChI is InChI=1S/C24H43N.BrH/c1-3-4-5-6-7-8-9-10-11-12-13-14-15-18-21-25-22-24-20-17-16-19-23(24)2;/h16-17,19-20,25H,3-15,18,21-22H2,1-2H3;1H. The van der Waals surface area contributed by atoms with Crippen LogP contribution < -0.4 is 22.3 Å². The smallest absolute Gasteiger partial charge is 0.101 e. The summed E-state index contributed by atoms with van der Waals surface area (Å²) in [4.78, 5) is 0. The molecule has 0 aliphatic heterocycles. The van der Waals surface area contributed by atoms with Crippen LogP contribution in [0.4, 0.5) is 0 Å². The van der Waals surface area contributed by atoms with Gasteiger partial charge in [0.25, 0.3) is 0 Å². The van der Waals surface area contributed by atoms with Crippen LogP contribution in [0.5, 0.6) is 0 Å². The molecule has 0 amide bonds. The minimum atomic E-state index is 0. The van der Waals surface area contributed by atoms with E-state index in [1.165, 1.54) is 108 Å². The summed E-state index contributed by atoms with van der Waals surface area (Å²) in [6, 6.07) is 8.77. The maximum absolute atomic E-state index is 2.48. The van der Waals surface area contributed by atoms with Gasteiger partial charge in [-0.25, -0.2) is 0 Å². The molecule has 0 fully saturated rings. The normalized spacial score (nSPS) is 10.7. The van der Waals surface area contributed by atoms with Crippen LogP contribution in [0.1, 0.15) is 108 Å². The van der Waals surface area contributed by atoms with Gasteiger partial charge >= 0.3 is 0 Å². The predicted octanol–water partition coefficient (Wildman–Crippen LogP) is 3.54. The molecule has 152 valence electrons. The fourth-order valence-corrected chi connectivity index (χ4v) is 3.58. The Morgan fingerprint density at radius 2 is 1.12 bits per heavy atom. The molecule has 1 rings (SSSR count). The van der Waals surface area contributed by atoms with Crippen LogP contribution >= 0.6 is 0 Å². The summed E-state index contributed by atoms with van der Waals surface area (Å²) in [5, 5.41) is 2.48. The largest absolute Gasteiger partial charge is 1.00 e. The van der Waals surface area contributed by atoms with E-state index in [1.807, 2.05) is 0 Å². The molecular formula is C24H44BrN. The van der Waals surface area contributed by atoms with E-state index in [4.69, 9.17) is 0 Å². The molecule has 0 aliphatic rings. The Kier molecular flexibility index (Phi) is 19.2. The molecule has 1 aromatic carbocycles. The van der Waals surface area contributed by atoms with Crippen molar-refractivity contribution in [1.29, 1.82) is 0 Å². The van der Waals surface area contributed by atoms with Crippen molar-refractivity contribution in [3.05, 3.63) is 35.4 Å². The minimum absolute atomic E-state index is 0. The summed E-state index contributed by atoms with van der Waals surface area (Å²) in [6.45, 7) is 6.94. The highest BCUT2D eigenvalue weighted by atomic mass is 79.9. The molecule has 0 saturated heterocycles. The van der Waals surface area contributed by atoms with Gasteiger partial charge in [0, 0.05) is 5.56 Å². The maximum Gasteiger partial charge on any atom is 0.101 e. The van der Waals surface area contributed by atoms with E-state index in [9.17, 15) is 0 Å². The van der Waals surface area contributed by atoms with Crippen molar-refractivity contribution in [2.75, 3.05) is 6.54 Å². The lowest BCUT2D eigenvalue weighted by molar-refractivity contribution is -0.671. The summed E-state index contributed by atoms with van der Waals surface area (Å²) in [5.74, 6) is 0. The van der Waals surface area contributed by atoms with E-state index in [0.29, 0.717) is 0 Å². The Hall–Kier alpha value is -0.340. The monoisotopic (exact) mass is 425 g/mol. The second-order valence-electron chi connectivity index (χ2n) is 7.80. The molecule has 26 heavy (non-hydrogen) atoms. The third-order valence-electron chi connectivity index (χ3n) is 5.39. The molecule has 1 aromatic rings. The number of benzene rings is 1. The third kappa shape index (κ3) is 14.8. The molecule has 2 heteroatoms. The molecule has 0 aromatic heterocycles. The summed E-state index contributed by atoms with van der Waals surface area (Å²) >= 11 is 0. The zero-order chi connectivity index (χ0) is 18.0. The Bertz CT molecular complexity index is 405. The molecule has 0 radical (unpaired) electrons. The summed E-state index contributed by atoms with van der Waals surface area (Å²) in [7, 11) is 0. The number of hydrogen-bond acceptors (Lipinski definition) is 0. The first-order valence-electron chi connectivity index (χ1n) is 11.2. The van der Waals surface area contributed by atoms with Crippen molar-refractivity contribution in [1.82, 2.24) is 0 Å². The van der Waals surface area contributed by atoms with Crippen LogP contribution in [0.15, 0.2) is 24.3 Å². The average Bonchev–Trinajstić information content (AvgIpc) is 2.63. The van der Waals surface area contributed by atoms with E-state index in [2.05, 4.69) is 43.4 Å². The van der Waals surface area contributed by atoms with Gasteiger partial charge < -0.3 is 22.3 Å². The van der Waals surface area contributed by atoms with Crippen LogP contribution in [0.25, 0.3) is 0 Å². The topological polar surface area (TPSA) is 16.6 Å². The van der Waals surface area contributed by atoms with Crippen molar-refractivity contribution in [2.24, 2.45) is 0 Å². The zero-order valence-corrected chi connectivity index (χ0v) is 19.2. The van der Waals surface area contributed by atoms with Crippen LogP contribution in [-0.2, 0) is 6.54 Å². The molecule has 0 bridgehead atoms. The van der Waals surface area contributed by atoms with E-state index >= 15 is 0 Å². The molecule has 0 aliphatic carbocycles. The lowest BCUT2D eigenvalue weighted by Crippen LogP contribution is -3.00. The number of halogens is 1. The second kappa shape index (κ2) is 19.4. The fourth-order valence-electron chi connectivity index (χ4n) is 3.58. The molecule has 1 nitrogen and oxygen atoms in total. The Balaban J connectivity index is 0.00000625. The van der Waals surface area contributed by atoms with Gasteiger partial charge in [0.2, 0.25) is 0 Å². The SMILES string of the molecule is CCCCCCCCCCCCCCCC[NH2+]Cc1ccccc1C.[Br-]. The van der Waals surface area contributed by atoms with Gasteiger partial charge in [0.15, 0.2) is 0 Å². The van der Waals surface area contributed by atoms with Gasteiger partial charge in [-0.15, -0.1) is 0 Å².